The van der Waals surface area contributed by atoms with E-state index in [0.29, 0.717) is 11.9 Å². The van der Waals surface area contributed by atoms with Gasteiger partial charge in [-0.2, -0.15) is 0 Å². The molecule has 17 heavy (non-hydrogen) atoms. The SMILES string of the molecule is Cc1cc(C)nc(NC(=O)C2NCCC2C)n1. The van der Waals surface area contributed by atoms with Gasteiger partial charge in [0.2, 0.25) is 11.9 Å². The first-order valence-electron chi connectivity index (χ1n) is 5.93. The van der Waals surface area contributed by atoms with Crippen LogP contribution in [0, 0.1) is 19.8 Å². The second kappa shape index (κ2) is 4.79. The lowest BCUT2D eigenvalue weighted by Gasteiger charge is -2.14. The molecule has 0 saturated carbocycles. The van der Waals surface area contributed by atoms with Gasteiger partial charge in [0.25, 0.3) is 0 Å². The predicted molar refractivity (Wildman–Crippen MR) is 65.7 cm³/mol. The predicted octanol–water partition coefficient (Wildman–Crippen LogP) is 1.03. The highest BCUT2D eigenvalue weighted by atomic mass is 16.2. The van der Waals surface area contributed by atoms with Crippen LogP contribution in [0.1, 0.15) is 24.7 Å². The molecule has 1 aliphatic heterocycles. The maximum Gasteiger partial charge on any atom is 0.244 e. The minimum Gasteiger partial charge on any atom is -0.306 e. The van der Waals surface area contributed by atoms with Gasteiger partial charge < -0.3 is 5.32 Å². The van der Waals surface area contributed by atoms with Crippen molar-refractivity contribution in [2.45, 2.75) is 33.2 Å². The number of carbonyl (C=O) groups excluding carboxylic acids is 1. The minimum absolute atomic E-state index is 0.0417. The van der Waals surface area contributed by atoms with E-state index >= 15 is 0 Å². The van der Waals surface area contributed by atoms with Crippen LogP contribution in [0.25, 0.3) is 0 Å². The Hall–Kier alpha value is -1.49. The molecule has 0 aliphatic carbocycles. The van der Waals surface area contributed by atoms with Gasteiger partial charge in [-0.15, -0.1) is 0 Å². The van der Waals surface area contributed by atoms with E-state index in [1.54, 1.807) is 0 Å². The topological polar surface area (TPSA) is 66.9 Å². The summed E-state index contributed by atoms with van der Waals surface area (Å²) in [5, 5.41) is 5.96. The van der Waals surface area contributed by atoms with E-state index in [1.165, 1.54) is 0 Å². The zero-order valence-electron chi connectivity index (χ0n) is 10.4. The van der Waals surface area contributed by atoms with E-state index in [4.69, 9.17) is 0 Å². The molecule has 1 aromatic heterocycles. The van der Waals surface area contributed by atoms with Gasteiger partial charge in [0.15, 0.2) is 0 Å². The molecule has 0 aromatic carbocycles. The number of nitrogens with one attached hydrogen (secondary N) is 2. The van der Waals surface area contributed by atoms with E-state index in [-0.39, 0.29) is 11.9 Å². The van der Waals surface area contributed by atoms with Crippen molar-refractivity contribution in [1.29, 1.82) is 0 Å². The fourth-order valence-electron chi connectivity index (χ4n) is 2.16. The Morgan fingerprint density at radius 2 is 2.06 bits per heavy atom. The van der Waals surface area contributed by atoms with Crippen LogP contribution in [0.5, 0.6) is 0 Å². The summed E-state index contributed by atoms with van der Waals surface area (Å²) in [6.45, 7) is 6.75. The molecule has 2 heterocycles. The standard InChI is InChI=1S/C12H18N4O/c1-7-4-5-13-10(7)11(17)16-12-14-8(2)6-9(3)15-12/h6-7,10,13H,4-5H2,1-3H3,(H,14,15,16,17). The van der Waals surface area contributed by atoms with Crippen molar-refractivity contribution in [3.05, 3.63) is 17.5 Å². The Balaban J connectivity index is 2.07. The van der Waals surface area contributed by atoms with Gasteiger partial charge in [-0.1, -0.05) is 6.92 Å². The van der Waals surface area contributed by atoms with E-state index in [0.717, 1.165) is 24.4 Å². The lowest BCUT2D eigenvalue weighted by atomic mass is 10.0. The molecule has 92 valence electrons. The minimum atomic E-state index is -0.126. The van der Waals surface area contributed by atoms with Crippen LogP contribution in [-0.2, 0) is 4.79 Å². The first-order valence-corrected chi connectivity index (χ1v) is 5.93. The molecule has 2 N–H and O–H groups in total. The fraction of sp³-hybridized carbons (Fsp3) is 0.583. The van der Waals surface area contributed by atoms with Crippen molar-refractivity contribution in [2.24, 2.45) is 5.92 Å². The smallest absolute Gasteiger partial charge is 0.244 e. The highest BCUT2D eigenvalue weighted by Gasteiger charge is 2.29. The summed E-state index contributed by atoms with van der Waals surface area (Å²) in [5.41, 5.74) is 1.72. The number of rotatable bonds is 2. The summed E-state index contributed by atoms with van der Waals surface area (Å²) in [5.74, 6) is 0.717. The van der Waals surface area contributed by atoms with Crippen molar-refractivity contribution < 1.29 is 4.79 Å². The zero-order chi connectivity index (χ0) is 12.4. The number of hydrogen-bond donors (Lipinski definition) is 2. The summed E-state index contributed by atoms with van der Waals surface area (Å²) in [4.78, 5) is 20.4. The van der Waals surface area contributed by atoms with Crippen molar-refractivity contribution in [1.82, 2.24) is 15.3 Å². The second-order valence-electron chi connectivity index (χ2n) is 4.66. The zero-order valence-corrected chi connectivity index (χ0v) is 10.4. The molecule has 2 rings (SSSR count). The van der Waals surface area contributed by atoms with Crippen LogP contribution in [0.4, 0.5) is 5.95 Å². The van der Waals surface area contributed by atoms with Gasteiger partial charge in [-0.05, 0) is 38.8 Å². The summed E-state index contributed by atoms with van der Waals surface area (Å²) in [6, 6.07) is 1.76. The highest BCUT2D eigenvalue weighted by molar-refractivity contribution is 5.93. The van der Waals surface area contributed by atoms with Gasteiger partial charge in [0.1, 0.15) is 0 Å². The first-order chi connectivity index (χ1) is 8.06. The van der Waals surface area contributed by atoms with Crippen LogP contribution in [-0.4, -0.2) is 28.5 Å². The van der Waals surface area contributed by atoms with Gasteiger partial charge >= 0.3 is 0 Å². The molecule has 1 aromatic rings. The molecular formula is C12H18N4O. The van der Waals surface area contributed by atoms with E-state index in [9.17, 15) is 4.79 Å². The van der Waals surface area contributed by atoms with E-state index in [2.05, 4.69) is 27.5 Å². The largest absolute Gasteiger partial charge is 0.306 e. The summed E-state index contributed by atoms with van der Waals surface area (Å²) < 4.78 is 0. The van der Waals surface area contributed by atoms with Crippen molar-refractivity contribution in [3.63, 3.8) is 0 Å². The molecule has 0 radical (unpaired) electrons. The molecule has 5 nitrogen and oxygen atoms in total. The number of anilines is 1. The Morgan fingerprint density at radius 1 is 1.41 bits per heavy atom. The summed E-state index contributed by atoms with van der Waals surface area (Å²) in [7, 11) is 0. The Labute approximate surface area is 101 Å². The molecule has 1 saturated heterocycles. The highest BCUT2D eigenvalue weighted by Crippen LogP contribution is 2.15. The lowest BCUT2D eigenvalue weighted by Crippen LogP contribution is -2.39. The van der Waals surface area contributed by atoms with Crippen LogP contribution in [0.3, 0.4) is 0 Å². The lowest BCUT2D eigenvalue weighted by molar-refractivity contribution is -0.118. The van der Waals surface area contributed by atoms with Crippen molar-refractivity contribution >= 4 is 11.9 Å². The van der Waals surface area contributed by atoms with Crippen LogP contribution in [0.2, 0.25) is 0 Å². The Bertz CT molecular complexity index is 412. The Morgan fingerprint density at radius 3 is 2.59 bits per heavy atom. The number of amides is 1. The molecule has 2 unspecified atom stereocenters. The number of aryl methyl sites for hydroxylation is 2. The molecule has 5 heteroatoms. The van der Waals surface area contributed by atoms with Crippen LogP contribution < -0.4 is 10.6 Å². The normalized spacial score (nSPS) is 23.7. The van der Waals surface area contributed by atoms with Crippen LogP contribution in [0.15, 0.2) is 6.07 Å². The molecule has 0 spiro atoms. The average molecular weight is 234 g/mol. The Kier molecular flexibility index (Phi) is 3.38. The van der Waals surface area contributed by atoms with Gasteiger partial charge in [0.05, 0.1) is 6.04 Å². The number of carbonyl (C=O) groups is 1. The summed E-state index contributed by atoms with van der Waals surface area (Å²) >= 11 is 0. The maximum atomic E-state index is 12.0. The number of aromatic nitrogens is 2. The number of hydrogen-bond acceptors (Lipinski definition) is 4. The van der Waals surface area contributed by atoms with Crippen molar-refractivity contribution in [3.8, 4) is 0 Å². The monoisotopic (exact) mass is 234 g/mol. The third kappa shape index (κ3) is 2.79. The average Bonchev–Trinajstić information content (AvgIpc) is 2.62. The molecule has 1 aliphatic rings. The van der Waals surface area contributed by atoms with Crippen LogP contribution >= 0.6 is 0 Å². The van der Waals surface area contributed by atoms with E-state index < -0.39 is 0 Å². The van der Waals surface area contributed by atoms with E-state index in [1.807, 2.05) is 19.9 Å². The van der Waals surface area contributed by atoms with Gasteiger partial charge in [-0.25, -0.2) is 9.97 Å². The molecular weight excluding hydrogens is 216 g/mol. The first kappa shape index (κ1) is 12.0. The number of nitrogens with zero attached hydrogens (tertiary/aromatic N) is 2. The quantitative estimate of drug-likeness (QED) is 0.802. The molecule has 2 atom stereocenters. The molecule has 1 amide bonds. The fourth-order valence-corrected chi connectivity index (χ4v) is 2.16. The van der Waals surface area contributed by atoms with Gasteiger partial charge in [0, 0.05) is 11.4 Å². The molecule has 0 bridgehead atoms. The van der Waals surface area contributed by atoms with Gasteiger partial charge in [-0.3, -0.25) is 10.1 Å². The molecule has 1 fully saturated rings. The van der Waals surface area contributed by atoms with Crippen molar-refractivity contribution in [2.75, 3.05) is 11.9 Å². The third-order valence-corrected chi connectivity index (χ3v) is 3.03. The second-order valence-corrected chi connectivity index (χ2v) is 4.66. The maximum absolute atomic E-state index is 12.0. The third-order valence-electron chi connectivity index (χ3n) is 3.03. The summed E-state index contributed by atoms with van der Waals surface area (Å²) in [6.07, 6.45) is 1.03.